The standard InChI is InChI=1S/C16H21N3O3.ClH/c1-22-12-4-5-14(19-15(20)10-6-7-17-9-10)13(8-12)16(21)18-11-2-3-11;/h4-5,8,10-11,17H,2-3,6-7,9H2,1H3,(H,18,21)(H,19,20);1H. The zero-order chi connectivity index (χ0) is 15.5. The highest BCUT2D eigenvalue weighted by atomic mass is 35.5. The Balaban J connectivity index is 0.00000192. The monoisotopic (exact) mass is 339 g/mol. The third-order valence-corrected chi connectivity index (χ3v) is 4.07. The molecule has 1 unspecified atom stereocenters. The highest BCUT2D eigenvalue weighted by Crippen LogP contribution is 2.25. The van der Waals surface area contributed by atoms with Crippen LogP contribution in [0.15, 0.2) is 18.2 Å². The van der Waals surface area contributed by atoms with Crippen molar-refractivity contribution in [1.29, 1.82) is 0 Å². The number of carbonyl (C=O) groups is 2. The average molecular weight is 340 g/mol. The van der Waals surface area contributed by atoms with Gasteiger partial charge < -0.3 is 20.7 Å². The molecule has 126 valence electrons. The summed E-state index contributed by atoms with van der Waals surface area (Å²) in [7, 11) is 1.56. The second-order valence-electron chi connectivity index (χ2n) is 5.84. The molecule has 1 aliphatic carbocycles. The highest BCUT2D eigenvalue weighted by Gasteiger charge is 2.27. The van der Waals surface area contributed by atoms with Gasteiger partial charge in [0, 0.05) is 12.6 Å². The molecule has 0 aromatic heterocycles. The van der Waals surface area contributed by atoms with E-state index >= 15 is 0 Å². The zero-order valence-corrected chi connectivity index (χ0v) is 13.9. The molecule has 23 heavy (non-hydrogen) atoms. The lowest BCUT2D eigenvalue weighted by atomic mass is 10.1. The van der Waals surface area contributed by atoms with Crippen molar-refractivity contribution in [2.75, 3.05) is 25.5 Å². The number of methoxy groups -OCH3 is 1. The Labute approximate surface area is 141 Å². The Kier molecular flexibility index (Phi) is 5.85. The van der Waals surface area contributed by atoms with Crippen LogP contribution in [0.4, 0.5) is 5.69 Å². The van der Waals surface area contributed by atoms with Crippen molar-refractivity contribution in [2.45, 2.75) is 25.3 Å². The third-order valence-electron chi connectivity index (χ3n) is 4.07. The first-order chi connectivity index (χ1) is 10.7. The smallest absolute Gasteiger partial charge is 0.253 e. The van der Waals surface area contributed by atoms with Gasteiger partial charge in [-0.25, -0.2) is 0 Å². The summed E-state index contributed by atoms with van der Waals surface area (Å²) in [6.45, 7) is 1.54. The summed E-state index contributed by atoms with van der Waals surface area (Å²) in [6.07, 6.45) is 2.86. The van der Waals surface area contributed by atoms with Gasteiger partial charge in [-0.3, -0.25) is 9.59 Å². The maximum absolute atomic E-state index is 12.4. The summed E-state index contributed by atoms with van der Waals surface area (Å²) in [6, 6.07) is 5.40. The van der Waals surface area contributed by atoms with Crippen LogP contribution in [0.3, 0.4) is 0 Å². The van der Waals surface area contributed by atoms with Crippen LogP contribution in [-0.4, -0.2) is 38.1 Å². The lowest BCUT2D eigenvalue weighted by molar-refractivity contribution is -0.119. The van der Waals surface area contributed by atoms with E-state index in [9.17, 15) is 9.59 Å². The maximum atomic E-state index is 12.4. The SMILES string of the molecule is COc1ccc(NC(=O)C2CCNC2)c(C(=O)NC2CC2)c1.Cl. The first kappa shape index (κ1) is 17.6. The van der Waals surface area contributed by atoms with Crippen LogP contribution in [-0.2, 0) is 4.79 Å². The molecule has 3 rings (SSSR count). The van der Waals surface area contributed by atoms with Crippen LogP contribution in [0.2, 0.25) is 0 Å². The van der Waals surface area contributed by atoms with Gasteiger partial charge in [-0.15, -0.1) is 12.4 Å². The third kappa shape index (κ3) is 4.36. The van der Waals surface area contributed by atoms with Crippen molar-refractivity contribution in [3.05, 3.63) is 23.8 Å². The number of halogens is 1. The number of benzene rings is 1. The minimum Gasteiger partial charge on any atom is -0.497 e. The molecule has 2 fully saturated rings. The summed E-state index contributed by atoms with van der Waals surface area (Å²) in [5.74, 6) is 0.347. The average Bonchev–Trinajstić information content (AvgIpc) is 3.16. The van der Waals surface area contributed by atoms with Crippen LogP contribution in [0, 0.1) is 5.92 Å². The number of nitrogens with one attached hydrogen (secondary N) is 3. The highest BCUT2D eigenvalue weighted by molar-refractivity contribution is 6.04. The fourth-order valence-corrected chi connectivity index (χ4v) is 2.55. The number of amides is 2. The zero-order valence-electron chi connectivity index (χ0n) is 13.1. The normalized spacial score (nSPS) is 19.6. The Morgan fingerprint density at radius 3 is 2.65 bits per heavy atom. The Morgan fingerprint density at radius 2 is 2.04 bits per heavy atom. The van der Waals surface area contributed by atoms with Crippen molar-refractivity contribution in [3.8, 4) is 5.75 Å². The predicted molar refractivity (Wildman–Crippen MR) is 90.3 cm³/mol. The van der Waals surface area contributed by atoms with E-state index in [1.54, 1.807) is 25.3 Å². The number of hydrogen-bond donors (Lipinski definition) is 3. The summed E-state index contributed by atoms with van der Waals surface area (Å²) in [5, 5.41) is 9.00. The van der Waals surface area contributed by atoms with Gasteiger partial charge in [0.2, 0.25) is 5.91 Å². The summed E-state index contributed by atoms with van der Waals surface area (Å²) >= 11 is 0. The molecule has 6 nitrogen and oxygen atoms in total. The van der Waals surface area contributed by atoms with Gasteiger partial charge in [-0.05, 0) is 44.0 Å². The van der Waals surface area contributed by atoms with Crippen molar-refractivity contribution in [3.63, 3.8) is 0 Å². The van der Waals surface area contributed by atoms with E-state index in [4.69, 9.17) is 4.74 Å². The topological polar surface area (TPSA) is 79.5 Å². The lowest BCUT2D eigenvalue weighted by Crippen LogP contribution is -2.29. The van der Waals surface area contributed by atoms with Gasteiger partial charge in [0.1, 0.15) is 5.75 Å². The summed E-state index contributed by atoms with van der Waals surface area (Å²) in [4.78, 5) is 24.6. The molecule has 0 spiro atoms. The van der Waals surface area contributed by atoms with E-state index in [1.165, 1.54) is 0 Å². The van der Waals surface area contributed by atoms with Gasteiger partial charge in [0.25, 0.3) is 5.91 Å². The second-order valence-corrected chi connectivity index (χ2v) is 5.84. The molecule has 2 amide bonds. The minimum absolute atomic E-state index is 0. The van der Waals surface area contributed by atoms with Crippen LogP contribution in [0.1, 0.15) is 29.6 Å². The Bertz CT molecular complexity index is 584. The van der Waals surface area contributed by atoms with Crippen LogP contribution in [0.5, 0.6) is 5.75 Å². The Hall–Kier alpha value is -1.79. The molecule has 1 heterocycles. The number of carbonyl (C=O) groups excluding carboxylic acids is 2. The number of ether oxygens (including phenoxy) is 1. The molecule has 1 aliphatic heterocycles. The molecule has 2 aliphatic rings. The van der Waals surface area contributed by atoms with Crippen molar-refractivity contribution in [2.24, 2.45) is 5.92 Å². The molecule has 0 radical (unpaired) electrons. The number of rotatable bonds is 5. The van der Waals surface area contributed by atoms with Crippen molar-refractivity contribution in [1.82, 2.24) is 10.6 Å². The molecule has 1 atom stereocenters. The first-order valence-electron chi connectivity index (χ1n) is 7.68. The molecular formula is C16H22ClN3O3. The van der Waals surface area contributed by atoms with E-state index in [1.807, 2.05) is 0 Å². The fraction of sp³-hybridized carbons (Fsp3) is 0.500. The van der Waals surface area contributed by atoms with Gasteiger partial charge in [0.05, 0.1) is 24.3 Å². The van der Waals surface area contributed by atoms with E-state index in [-0.39, 0.29) is 36.2 Å². The molecular weight excluding hydrogens is 318 g/mol. The van der Waals surface area contributed by atoms with Crippen LogP contribution < -0.4 is 20.7 Å². The van der Waals surface area contributed by atoms with Crippen molar-refractivity contribution >= 4 is 29.9 Å². The van der Waals surface area contributed by atoms with Crippen LogP contribution >= 0.6 is 12.4 Å². The van der Waals surface area contributed by atoms with Gasteiger partial charge in [-0.1, -0.05) is 0 Å². The predicted octanol–water partition coefficient (Wildman–Crippen LogP) is 1.56. The molecule has 1 saturated carbocycles. The first-order valence-corrected chi connectivity index (χ1v) is 7.68. The van der Waals surface area contributed by atoms with Crippen molar-refractivity contribution < 1.29 is 14.3 Å². The molecule has 1 saturated heterocycles. The van der Waals surface area contributed by atoms with E-state index in [2.05, 4.69) is 16.0 Å². The van der Waals surface area contributed by atoms with Gasteiger partial charge in [-0.2, -0.15) is 0 Å². The minimum atomic E-state index is -0.166. The molecule has 7 heteroatoms. The van der Waals surface area contributed by atoms with E-state index in [0.717, 1.165) is 25.8 Å². The largest absolute Gasteiger partial charge is 0.497 e. The lowest BCUT2D eigenvalue weighted by Gasteiger charge is -2.15. The van der Waals surface area contributed by atoms with E-state index in [0.29, 0.717) is 23.5 Å². The molecule has 1 aromatic carbocycles. The van der Waals surface area contributed by atoms with E-state index < -0.39 is 0 Å². The molecule has 0 bridgehead atoms. The number of anilines is 1. The fourth-order valence-electron chi connectivity index (χ4n) is 2.55. The second kappa shape index (κ2) is 7.66. The summed E-state index contributed by atoms with van der Waals surface area (Å²) in [5.41, 5.74) is 0.987. The van der Waals surface area contributed by atoms with Gasteiger partial charge in [0.15, 0.2) is 0 Å². The molecule has 3 N–H and O–H groups in total. The molecule has 1 aromatic rings. The quantitative estimate of drug-likeness (QED) is 0.760. The Morgan fingerprint density at radius 1 is 1.26 bits per heavy atom. The maximum Gasteiger partial charge on any atom is 0.253 e. The number of hydrogen-bond acceptors (Lipinski definition) is 4. The van der Waals surface area contributed by atoms with Gasteiger partial charge >= 0.3 is 0 Å². The van der Waals surface area contributed by atoms with Crippen LogP contribution in [0.25, 0.3) is 0 Å². The summed E-state index contributed by atoms with van der Waals surface area (Å²) < 4.78 is 5.18.